The maximum absolute atomic E-state index is 12.1. The van der Waals surface area contributed by atoms with Crippen molar-refractivity contribution in [3.63, 3.8) is 0 Å². The van der Waals surface area contributed by atoms with Gasteiger partial charge in [0.2, 0.25) is 0 Å². The number of hydrogen-bond acceptors (Lipinski definition) is 2. The van der Waals surface area contributed by atoms with Gasteiger partial charge in [-0.25, -0.2) is 0 Å². The highest BCUT2D eigenvalue weighted by Crippen LogP contribution is 2.22. The fourth-order valence-electron chi connectivity index (χ4n) is 2.60. The Labute approximate surface area is 142 Å². The molecule has 0 unspecified atom stereocenters. The predicted octanol–water partition coefficient (Wildman–Crippen LogP) is 3.92. The molecule has 0 aliphatic heterocycles. The third-order valence-corrected chi connectivity index (χ3v) is 4.30. The summed E-state index contributed by atoms with van der Waals surface area (Å²) in [4.78, 5) is 15.4. The van der Waals surface area contributed by atoms with Gasteiger partial charge in [-0.2, -0.15) is 0 Å². The molecule has 0 saturated heterocycles. The summed E-state index contributed by atoms with van der Waals surface area (Å²) in [7, 11) is 0. The molecule has 0 bridgehead atoms. The maximum atomic E-state index is 12.1. The number of phenolic OH excluding ortho intramolecular Hbond substituents is 1. The summed E-state index contributed by atoms with van der Waals surface area (Å²) in [6.45, 7) is 2.38. The minimum absolute atomic E-state index is 0.0134. The van der Waals surface area contributed by atoms with Crippen LogP contribution in [-0.2, 0) is 6.42 Å². The smallest absolute Gasteiger partial charge is 0.255 e. The van der Waals surface area contributed by atoms with Gasteiger partial charge in [0.15, 0.2) is 0 Å². The van der Waals surface area contributed by atoms with E-state index >= 15 is 0 Å². The summed E-state index contributed by atoms with van der Waals surface area (Å²) in [5.41, 5.74) is 3.44. The van der Waals surface area contributed by atoms with Gasteiger partial charge < -0.3 is 15.4 Å². The van der Waals surface area contributed by atoms with Gasteiger partial charge in [-0.15, -0.1) is 0 Å². The first-order valence-electron chi connectivity index (χ1n) is 7.38. The van der Waals surface area contributed by atoms with Crippen LogP contribution in [0.4, 0.5) is 0 Å². The molecular formula is C18H17BrN2O2. The molecule has 1 aromatic heterocycles. The van der Waals surface area contributed by atoms with E-state index in [9.17, 15) is 9.90 Å². The van der Waals surface area contributed by atoms with Crippen molar-refractivity contribution < 1.29 is 9.90 Å². The van der Waals surface area contributed by atoms with Crippen molar-refractivity contribution in [2.24, 2.45) is 0 Å². The van der Waals surface area contributed by atoms with Crippen molar-refractivity contribution in [2.45, 2.75) is 13.3 Å². The number of nitrogens with one attached hydrogen (secondary N) is 2. The highest BCUT2D eigenvalue weighted by atomic mass is 79.9. The van der Waals surface area contributed by atoms with Crippen molar-refractivity contribution in [3.05, 3.63) is 63.8 Å². The highest BCUT2D eigenvalue weighted by Gasteiger charge is 2.11. The number of fused-ring (bicyclic) bond motifs is 1. The van der Waals surface area contributed by atoms with Crippen LogP contribution in [0.3, 0.4) is 0 Å². The Morgan fingerprint density at radius 1 is 1.26 bits per heavy atom. The molecule has 0 spiro atoms. The van der Waals surface area contributed by atoms with Crippen LogP contribution in [0.5, 0.6) is 5.75 Å². The van der Waals surface area contributed by atoms with Gasteiger partial charge in [-0.05, 0) is 48.7 Å². The zero-order valence-corrected chi connectivity index (χ0v) is 14.3. The molecular weight excluding hydrogens is 356 g/mol. The number of rotatable bonds is 4. The lowest BCUT2D eigenvalue weighted by molar-refractivity contribution is 0.0951. The van der Waals surface area contributed by atoms with Crippen molar-refractivity contribution in [1.29, 1.82) is 0 Å². The first-order chi connectivity index (χ1) is 11.0. The summed E-state index contributed by atoms with van der Waals surface area (Å²) >= 11 is 3.45. The fraction of sp³-hybridized carbons (Fsp3) is 0.167. The van der Waals surface area contributed by atoms with Crippen LogP contribution in [0.25, 0.3) is 10.9 Å². The average Bonchev–Trinajstić information content (AvgIpc) is 2.89. The van der Waals surface area contributed by atoms with Gasteiger partial charge >= 0.3 is 0 Å². The number of H-pyrrole nitrogens is 1. The van der Waals surface area contributed by atoms with Crippen LogP contribution in [0, 0.1) is 6.92 Å². The topological polar surface area (TPSA) is 65.1 Å². The number of carbonyl (C=O) groups is 1. The van der Waals surface area contributed by atoms with Crippen LogP contribution < -0.4 is 5.32 Å². The second-order valence-corrected chi connectivity index (χ2v) is 6.45. The van der Waals surface area contributed by atoms with E-state index in [-0.39, 0.29) is 11.7 Å². The molecule has 1 heterocycles. The number of hydrogen-bond donors (Lipinski definition) is 3. The largest absolute Gasteiger partial charge is 0.507 e. The van der Waals surface area contributed by atoms with Crippen LogP contribution in [-0.4, -0.2) is 22.5 Å². The summed E-state index contributed by atoms with van der Waals surface area (Å²) in [5, 5.41) is 13.8. The molecule has 0 aliphatic carbocycles. The quantitative estimate of drug-likeness (QED) is 0.649. The van der Waals surface area contributed by atoms with E-state index in [1.807, 2.05) is 31.3 Å². The third-order valence-electron chi connectivity index (χ3n) is 3.81. The van der Waals surface area contributed by atoms with Crippen LogP contribution in [0.2, 0.25) is 0 Å². The SMILES string of the molecule is Cc1ccc(C(=O)NCCc2c[nH]c3cc(Br)ccc23)c(O)c1. The van der Waals surface area contributed by atoms with Crippen molar-refractivity contribution in [3.8, 4) is 5.75 Å². The number of carbonyl (C=O) groups excluding carboxylic acids is 1. The molecule has 5 heteroatoms. The van der Waals surface area contributed by atoms with Crippen molar-refractivity contribution in [2.75, 3.05) is 6.54 Å². The summed E-state index contributed by atoms with van der Waals surface area (Å²) < 4.78 is 1.03. The van der Waals surface area contributed by atoms with Gasteiger partial charge in [-0.3, -0.25) is 4.79 Å². The number of halogens is 1. The minimum atomic E-state index is -0.259. The molecule has 1 amide bonds. The Bertz CT molecular complexity index is 871. The molecule has 0 radical (unpaired) electrons. The van der Waals surface area contributed by atoms with E-state index in [1.165, 1.54) is 0 Å². The second kappa shape index (κ2) is 6.46. The first kappa shape index (κ1) is 15.6. The summed E-state index contributed by atoms with van der Waals surface area (Å²) in [5.74, 6) is -0.246. The van der Waals surface area contributed by atoms with Crippen LogP contribution >= 0.6 is 15.9 Å². The zero-order chi connectivity index (χ0) is 16.4. The lowest BCUT2D eigenvalue weighted by Gasteiger charge is -2.07. The minimum Gasteiger partial charge on any atom is -0.507 e. The first-order valence-corrected chi connectivity index (χ1v) is 8.17. The standard InChI is InChI=1S/C18H17BrN2O2/c1-11-2-4-15(17(22)8-11)18(23)20-7-6-12-10-21-16-9-13(19)3-5-14(12)16/h2-5,8-10,21-22H,6-7H2,1H3,(H,20,23). The average molecular weight is 373 g/mol. The molecule has 3 rings (SSSR count). The van der Waals surface area contributed by atoms with Crippen LogP contribution in [0.15, 0.2) is 47.1 Å². The van der Waals surface area contributed by atoms with E-state index in [4.69, 9.17) is 0 Å². The normalized spacial score (nSPS) is 10.9. The molecule has 0 aliphatic rings. The Balaban J connectivity index is 1.65. The molecule has 118 valence electrons. The fourth-order valence-corrected chi connectivity index (χ4v) is 2.97. The van der Waals surface area contributed by atoms with E-state index in [2.05, 4.69) is 32.3 Å². The molecule has 3 N–H and O–H groups in total. The van der Waals surface area contributed by atoms with Gasteiger partial charge in [0.05, 0.1) is 5.56 Å². The Hall–Kier alpha value is -2.27. The lowest BCUT2D eigenvalue weighted by atomic mass is 10.1. The Kier molecular flexibility index (Phi) is 4.39. The molecule has 23 heavy (non-hydrogen) atoms. The number of phenols is 1. The Morgan fingerprint density at radius 2 is 2.09 bits per heavy atom. The molecule has 2 aromatic carbocycles. The number of benzene rings is 2. The number of aromatic hydroxyl groups is 1. The number of aromatic amines is 1. The number of amides is 1. The van der Waals surface area contributed by atoms with Gasteiger partial charge in [0, 0.05) is 28.1 Å². The van der Waals surface area contributed by atoms with E-state index < -0.39 is 0 Å². The maximum Gasteiger partial charge on any atom is 0.255 e. The Morgan fingerprint density at radius 3 is 2.87 bits per heavy atom. The van der Waals surface area contributed by atoms with Crippen LogP contribution in [0.1, 0.15) is 21.5 Å². The monoisotopic (exact) mass is 372 g/mol. The van der Waals surface area contributed by atoms with Gasteiger partial charge in [0.25, 0.3) is 5.91 Å². The molecule has 0 fully saturated rings. The second-order valence-electron chi connectivity index (χ2n) is 5.53. The molecule has 0 atom stereocenters. The molecule has 0 saturated carbocycles. The van der Waals surface area contributed by atoms with E-state index in [0.717, 1.165) is 32.9 Å². The molecule has 3 aromatic rings. The van der Waals surface area contributed by atoms with Gasteiger partial charge in [-0.1, -0.05) is 28.1 Å². The lowest BCUT2D eigenvalue weighted by Crippen LogP contribution is -2.25. The van der Waals surface area contributed by atoms with E-state index in [0.29, 0.717) is 12.1 Å². The number of aromatic nitrogens is 1. The summed E-state index contributed by atoms with van der Waals surface area (Å²) in [6.07, 6.45) is 2.69. The van der Waals surface area contributed by atoms with Crippen molar-refractivity contribution >= 4 is 32.7 Å². The van der Waals surface area contributed by atoms with Gasteiger partial charge in [0.1, 0.15) is 5.75 Å². The third kappa shape index (κ3) is 3.40. The molecule has 4 nitrogen and oxygen atoms in total. The summed E-state index contributed by atoms with van der Waals surface area (Å²) in [6, 6.07) is 11.1. The predicted molar refractivity (Wildman–Crippen MR) is 94.9 cm³/mol. The van der Waals surface area contributed by atoms with Crippen molar-refractivity contribution in [1.82, 2.24) is 10.3 Å². The zero-order valence-electron chi connectivity index (χ0n) is 12.7. The number of aryl methyl sites for hydroxylation is 1. The highest BCUT2D eigenvalue weighted by molar-refractivity contribution is 9.10. The van der Waals surface area contributed by atoms with E-state index in [1.54, 1.807) is 12.1 Å².